The Morgan fingerprint density at radius 3 is 2.50 bits per heavy atom. The van der Waals surface area contributed by atoms with Gasteiger partial charge < -0.3 is 10.4 Å². The molecule has 0 aliphatic carbocycles. The molecule has 172 valence electrons. The van der Waals surface area contributed by atoms with Gasteiger partial charge in [-0.05, 0) is 54.0 Å². The van der Waals surface area contributed by atoms with E-state index in [1.165, 1.54) is 30.3 Å². The summed E-state index contributed by atoms with van der Waals surface area (Å²) in [5.74, 6) is -2.02. The average molecular weight is 501 g/mol. The van der Waals surface area contributed by atoms with Gasteiger partial charge in [-0.15, -0.1) is 0 Å². The third kappa shape index (κ3) is 4.41. The van der Waals surface area contributed by atoms with Crippen molar-refractivity contribution in [2.45, 2.75) is 13.0 Å². The van der Waals surface area contributed by atoms with Gasteiger partial charge in [0, 0.05) is 24.4 Å². The molecule has 10 nitrogen and oxygen atoms in total. The molecule has 0 atom stereocenters. The van der Waals surface area contributed by atoms with Gasteiger partial charge in [-0.3, -0.25) is 24.3 Å². The van der Waals surface area contributed by atoms with Crippen molar-refractivity contribution in [3.05, 3.63) is 84.4 Å². The van der Waals surface area contributed by atoms with E-state index in [9.17, 15) is 24.5 Å². The lowest BCUT2D eigenvalue weighted by Crippen LogP contribution is -2.21. The predicted molar refractivity (Wildman–Crippen MR) is 127 cm³/mol. The fourth-order valence-corrected chi connectivity index (χ4v) is 3.72. The van der Waals surface area contributed by atoms with Crippen LogP contribution >= 0.6 is 23.2 Å². The van der Waals surface area contributed by atoms with Gasteiger partial charge in [0.25, 0.3) is 17.2 Å². The Morgan fingerprint density at radius 2 is 1.85 bits per heavy atom. The number of fused-ring (bicyclic) bond motifs is 2. The first-order chi connectivity index (χ1) is 16.2. The summed E-state index contributed by atoms with van der Waals surface area (Å²) in [5, 5.41) is 21.0. The number of allylic oxidation sites excluding steroid dienone is 1. The van der Waals surface area contributed by atoms with Crippen molar-refractivity contribution in [1.29, 1.82) is 0 Å². The van der Waals surface area contributed by atoms with Crippen molar-refractivity contribution in [2.24, 2.45) is 0 Å². The molecule has 1 aliphatic rings. The van der Waals surface area contributed by atoms with Crippen molar-refractivity contribution in [2.75, 3.05) is 5.32 Å². The van der Waals surface area contributed by atoms with Crippen LogP contribution in [0.4, 0.5) is 11.4 Å². The zero-order chi connectivity index (χ0) is 24.6. The van der Waals surface area contributed by atoms with Gasteiger partial charge in [-0.1, -0.05) is 23.2 Å². The molecule has 3 aromatic rings. The number of non-ortho nitro benzene ring substituents is 1. The number of amides is 1. The minimum Gasteiger partial charge on any atom is -0.477 e. The summed E-state index contributed by atoms with van der Waals surface area (Å²) in [6.07, 6.45) is 2.36. The summed E-state index contributed by atoms with van der Waals surface area (Å²) < 4.78 is 1.55. The minimum atomic E-state index is -1.54. The third-order valence-electron chi connectivity index (χ3n) is 5.13. The Balaban J connectivity index is 1.70. The quantitative estimate of drug-likeness (QED) is 0.306. The second kappa shape index (κ2) is 9.08. The molecule has 12 heteroatoms. The van der Waals surface area contributed by atoms with Crippen LogP contribution < -0.4 is 10.9 Å². The topological polar surface area (TPSA) is 144 Å². The van der Waals surface area contributed by atoms with E-state index >= 15 is 0 Å². The molecule has 0 unspecified atom stereocenters. The summed E-state index contributed by atoms with van der Waals surface area (Å²) in [4.78, 5) is 51.0. The number of aromatic nitrogens is 2. The molecule has 2 heterocycles. The molecule has 1 amide bonds. The number of carbonyl (C=O) groups is 2. The SMILES string of the molecule is O=C(O)/C(Cl)=C(/Cl)C(=O)Nc1ccc2c(=O)n3c(nc2c1)C(=Cc1ccc([N+](=O)[O-])cc1)CC3. The second-order valence-electron chi connectivity index (χ2n) is 7.28. The van der Waals surface area contributed by atoms with E-state index in [2.05, 4.69) is 10.3 Å². The molecule has 0 saturated carbocycles. The van der Waals surface area contributed by atoms with Gasteiger partial charge in [0.1, 0.15) is 15.9 Å². The summed E-state index contributed by atoms with van der Waals surface area (Å²) in [6.45, 7) is 0.433. The lowest BCUT2D eigenvalue weighted by Gasteiger charge is -2.09. The lowest BCUT2D eigenvalue weighted by molar-refractivity contribution is -0.384. The number of anilines is 1. The van der Waals surface area contributed by atoms with Crippen molar-refractivity contribution >= 4 is 69.0 Å². The van der Waals surface area contributed by atoms with E-state index in [1.807, 2.05) is 6.08 Å². The number of carboxylic acids is 1. The van der Waals surface area contributed by atoms with Crippen molar-refractivity contribution in [1.82, 2.24) is 9.55 Å². The highest BCUT2D eigenvalue weighted by Gasteiger charge is 2.22. The van der Waals surface area contributed by atoms with Crippen LogP contribution in [0.3, 0.4) is 0 Å². The van der Waals surface area contributed by atoms with Gasteiger partial charge >= 0.3 is 5.97 Å². The Hall–Kier alpha value is -4.02. The molecular weight excluding hydrogens is 487 g/mol. The maximum Gasteiger partial charge on any atom is 0.349 e. The van der Waals surface area contributed by atoms with Crippen LogP contribution in [0, 0.1) is 10.1 Å². The first-order valence-corrected chi connectivity index (χ1v) is 10.5. The number of halogens is 2. The number of aliphatic carboxylic acids is 1. The minimum absolute atomic E-state index is 0.0246. The number of nitrogens with zero attached hydrogens (tertiary/aromatic N) is 3. The average Bonchev–Trinajstić information content (AvgIpc) is 3.20. The molecule has 0 spiro atoms. The van der Waals surface area contributed by atoms with Crippen LogP contribution in [-0.2, 0) is 16.1 Å². The number of nitrogens with one attached hydrogen (secondary N) is 1. The zero-order valence-corrected chi connectivity index (χ0v) is 18.6. The molecule has 2 aromatic carbocycles. The number of carbonyl (C=O) groups excluding carboxylic acids is 1. The molecule has 4 rings (SSSR count). The largest absolute Gasteiger partial charge is 0.477 e. The van der Waals surface area contributed by atoms with Crippen LogP contribution in [0.25, 0.3) is 22.6 Å². The number of nitro benzene ring substituents is 1. The lowest BCUT2D eigenvalue weighted by atomic mass is 10.1. The Bertz CT molecular complexity index is 1490. The van der Waals surface area contributed by atoms with Crippen molar-refractivity contribution < 1.29 is 19.6 Å². The van der Waals surface area contributed by atoms with Gasteiger partial charge in [-0.25, -0.2) is 9.78 Å². The molecule has 1 aliphatic heterocycles. The summed E-state index contributed by atoms with van der Waals surface area (Å²) >= 11 is 11.2. The van der Waals surface area contributed by atoms with E-state index in [1.54, 1.807) is 16.7 Å². The predicted octanol–water partition coefficient (Wildman–Crippen LogP) is 3.96. The Labute approximate surface area is 200 Å². The number of carboxylic acid groups (broad SMARTS) is 1. The molecule has 34 heavy (non-hydrogen) atoms. The van der Waals surface area contributed by atoms with E-state index in [4.69, 9.17) is 28.3 Å². The third-order valence-corrected chi connectivity index (χ3v) is 5.94. The monoisotopic (exact) mass is 500 g/mol. The fraction of sp³-hybridized carbons (Fsp3) is 0.0909. The number of hydrogen-bond acceptors (Lipinski definition) is 6. The number of nitro groups is 1. The normalized spacial score (nSPS) is 14.6. The highest BCUT2D eigenvalue weighted by molar-refractivity contribution is 6.54. The second-order valence-corrected chi connectivity index (χ2v) is 8.04. The first kappa shape index (κ1) is 23.1. The summed E-state index contributed by atoms with van der Waals surface area (Å²) in [7, 11) is 0. The Morgan fingerprint density at radius 1 is 1.15 bits per heavy atom. The smallest absolute Gasteiger partial charge is 0.349 e. The molecule has 0 saturated heterocycles. The van der Waals surface area contributed by atoms with E-state index < -0.39 is 26.9 Å². The highest BCUT2D eigenvalue weighted by Crippen LogP contribution is 2.29. The van der Waals surface area contributed by atoms with E-state index in [-0.39, 0.29) is 16.9 Å². The van der Waals surface area contributed by atoms with Crippen molar-refractivity contribution in [3.8, 4) is 0 Å². The van der Waals surface area contributed by atoms with Gasteiger partial charge in [0.2, 0.25) is 0 Å². The fourth-order valence-electron chi connectivity index (χ4n) is 3.51. The number of rotatable bonds is 5. The van der Waals surface area contributed by atoms with Crippen molar-refractivity contribution in [3.63, 3.8) is 0 Å². The van der Waals surface area contributed by atoms with E-state index in [0.29, 0.717) is 29.7 Å². The molecular formula is C22H14Cl2N4O6. The van der Waals surface area contributed by atoms with Gasteiger partial charge in [0.15, 0.2) is 0 Å². The molecule has 1 aromatic heterocycles. The highest BCUT2D eigenvalue weighted by atomic mass is 35.5. The van der Waals surface area contributed by atoms with Crippen LogP contribution in [0.2, 0.25) is 0 Å². The molecule has 2 N–H and O–H groups in total. The maximum absolute atomic E-state index is 13.0. The standard InChI is InChI=1S/C22H14Cl2N4O6/c23-17(18(24)22(31)32)20(29)25-13-3-6-15-16(10-13)26-19-12(7-8-27(19)21(15)30)9-11-1-4-14(5-2-11)28(33)34/h1-6,9-10H,7-8H2,(H,25,29)(H,31,32)/b12-9?,18-17-. The molecule has 0 bridgehead atoms. The summed E-state index contributed by atoms with van der Waals surface area (Å²) in [6, 6.07) is 10.5. The number of hydrogen-bond donors (Lipinski definition) is 2. The Kier molecular flexibility index (Phi) is 6.18. The van der Waals surface area contributed by atoms with Crippen LogP contribution in [0.5, 0.6) is 0 Å². The van der Waals surface area contributed by atoms with Gasteiger partial charge in [-0.2, -0.15) is 0 Å². The maximum atomic E-state index is 13.0. The molecule has 0 fully saturated rings. The van der Waals surface area contributed by atoms with E-state index in [0.717, 1.165) is 11.1 Å². The van der Waals surface area contributed by atoms with Crippen LogP contribution in [-0.4, -0.2) is 31.5 Å². The first-order valence-electron chi connectivity index (χ1n) is 9.75. The van der Waals surface area contributed by atoms with Crippen LogP contribution in [0.15, 0.2) is 57.3 Å². The van der Waals surface area contributed by atoms with Gasteiger partial charge in [0.05, 0.1) is 15.8 Å². The summed E-state index contributed by atoms with van der Waals surface area (Å²) in [5.41, 5.74) is 1.78. The number of benzene rings is 2. The van der Waals surface area contributed by atoms with Crippen LogP contribution in [0.1, 0.15) is 17.8 Å². The molecule has 0 radical (unpaired) electrons. The zero-order valence-electron chi connectivity index (χ0n) is 17.1.